The quantitative estimate of drug-likeness (QED) is 0.500. The maximum atomic E-state index is 15.2. The van der Waals surface area contributed by atoms with Crippen molar-refractivity contribution in [3.63, 3.8) is 0 Å². The van der Waals surface area contributed by atoms with Gasteiger partial charge in [-0.2, -0.15) is 5.10 Å². The fourth-order valence-electron chi connectivity index (χ4n) is 5.14. The summed E-state index contributed by atoms with van der Waals surface area (Å²) in [5.74, 6) is 0.451. The van der Waals surface area contributed by atoms with Crippen molar-refractivity contribution in [3.8, 4) is 0 Å². The highest BCUT2D eigenvalue weighted by molar-refractivity contribution is 14.1. The zero-order valence-corrected chi connectivity index (χ0v) is 18.9. The maximum Gasteiger partial charge on any atom is 0.404 e. The Labute approximate surface area is 191 Å². The molecule has 3 aliphatic heterocycles. The van der Waals surface area contributed by atoms with E-state index in [9.17, 15) is 9.90 Å². The van der Waals surface area contributed by atoms with Gasteiger partial charge in [0.2, 0.25) is 0 Å². The van der Waals surface area contributed by atoms with Crippen LogP contribution in [-0.4, -0.2) is 67.0 Å². The van der Waals surface area contributed by atoms with E-state index in [0.717, 1.165) is 25.7 Å². The number of fused-ring (bicyclic) bond motifs is 3. The molecule has 3 saturated heterocycles. The van der Waals surface area contributed by atoms with Crippen LogP contribution in [0, 0.1) is 3.70 Å². The highest BCUT2D eigenvalue weighted by Gasteiger charge is 2.49. The van der Waals surface area contributed by atoms with Gasteiger partial charge in [0.25, 0.3) is 0 Å². The molecule has 0 radical (unpaired) electrons. The SMILES string of the molecule is O=C(O)N[C@H]1C[C@@H]2CC[C@H]([C@H]1F)N2c1nc2c(nc1CO)c(I)nn2C1CCCCO1. The van der Waals surface area contributed by atoms with Crippen molar-refractivity contribution in [2.24, 2.45) is 0 Å². The molecular formula is C19H24FIN6O4. The summed E-state index contributed by atoms with van der Waals surface area (Å²) in [6.07, 6.45) is 1.74. The van der Waals surface area contributed by atoms with E-state index >= 15 is 4.39 Å². The normalized spacial score (nSPS) is 30.7. The van der Waals surface area contributed by atoms with Crippen molar-refractivity contribution < 1.29 is 24.1 Å². The Balaban J connectivity index is 1.56. The van der Waals surface area contributed by atoms with Crippen LogP contribution < -0.4 is 10.2 Å². The lowest BCUT2D eigenvalue weighted by Gasteiger charge is -2.42. The zero-order valence-electron chi connectivity index (χ0n) is 16.7. The van der Waals surface area contributed by atoms with Crippen LogP contribution in [0.1, 0.15) is 50.4 Å². The van der Waals surface area contributed by atoms with Crippen LogP contribution in [0.5, 0.6) is 0 Å². The van der Waals surface area contributed by atoms with Crippen molar-refractivity contribution in [2.75, 3.05) is 11.5 Å². The number of alkyl halides is 1. The third kappa shape index (κ3) is 3.61. The van der Waals surface area contributed by atoms with Crippen molar-refractivity contribution >= 4 is 45.7 Å². The molecule has 0 saturated carbocycles. The molecule has 12 heteroatoms. The molecule has 5 heterocycles. The van der Waals surface area contributed by atoms with E-state index in [2.05, 4.69) is 38.0 Å². The van der Waals surface area contributed by atoms with Crippen molar-refractivity contribution in [2.45, 2.75) is 75.7 Å². The lowest BCUT2D eigenvalue weighted by molar-refractivity contribution is -0.0372. The predicted molar refractivity (Wildman–Crippen MR) is 117 cm³/mol. The number of halogens is 2. The Bertz CT molecular complexity index is 999. The number of aliphatic hydroxyl groups excluding tert-OH is 1. The predicted octanol–water partition coefficient (Wildman–Crippen LogP) is 2.34. The average Bonchev–Trinajstić information content (AvgIpc) is 3.28. The third-order valence-corrected chi connectivity index (χ3v) is 7.22. The fourth-order valence-corrected chi connectivity index (χ4v) is 5.74. The molecule has 10 nitrogen and oxygen atoms in total. The molecule has 2 aromatic rings. The van der Waals surface area contributed by atoms with Gasteiger partial charge < -0.3 is 25.2 Å². The van der Waals surface area contributed by atoms with Crippen LogP contribution in [0.3, 0.4) is 0 Å². The number of nitrogens with one attached hydrogen (secondary N) is 1. The Kier molecular flexibility index (Phi) is 5.63. The molecule has 1 amide bonds. The van der Waals surface area contributed by atoms with Gasteiger partial charge in [-0.05, 0) is 61.1 Å². The van der Waals surface area contributed by atoms with Gasteiger partial charge in [0.1, 0.15) is 17.4 Å². The van der Waals surface area contributed by atoms with E-state index < -0.39 is 24.3 Å². The number of amides is 1. The minimum absolute atomic E-state index is 0.0766. The number of aliphatic hydroxyl groups is 1. The number of ether oxygens (including phenoxy) is 1. The van der Waals surface area contributed by atoms with Gasteiger partial charge in [-0.1, -0.05) is 0 Å². The summed E-state index contributed by atoms with van der Waals surface area (Å²) in [5, 5.41) is 26.0. The van der Waals surface area contributed by atoms with Gasteiger partial charge in [-0.15, -0.1) is 0 Å². The first kappa shape index (κ1) is 21.1. The molecule has 1 unspecified atom stereocenters. The first-order chi connectivity index (χ1) is 15.0. The Morgan fingerprint density at radius 3 is 2.84 bits per heavy atom. The first-order valence-corrected chi connectivity index (χ1v) is 11.6. The van der Waals surface area contributed by atoms with Crippen molar-refractivity contribution in [3.05, 3.63) is 9.39 Å². The minimum atomic E-state index is -1.37. The molecule has 0 spiro atoms. The summed E-state index contributed by atoms with van der Waals surface area (Å²) in [4.78, 5) is 22.4. The lowest BCUT2D eigenvalue weighted by atomic mass is 9.95. The molecule has 5 rings (SSSR count). The Morgan fingerprint density at radius 1 is 1.29 bits per heavy atom. The van der Waals surface area contributed by atoms with Gasteiger partial charge in [0, 0.05) is 12.6 Å². The molecule has 31 heavy (non-hydrogen) atoms. The second-order valence-corrected chi connectivity index (χ2v) is 9.34. The molecule has 168 valence electrons. The summed E-state index contributed by atoms with van der Waals surface area (Å²) in [5.41, 5.74) is 1.53. The highest BCUT2D eigenvalue weighted by Crippen LogP contribution is 2.42. The molecule has 3 fully saturated rings. The Hall–Kier alpha value is -1.80. The van der Waals surface area contributed by atoms with E-state index in [-0.39, 0.29) is 18.9 Å². The van der Waals surface area contributed by atoms with Crippen molar-refractivity contribution in [1.82, 2.24) is 25.1 Å². The number of nitrogens with zero attached hydrogens (tertiary/aromatic N) is 5. The average molecular weight is 546 g/mol. The van der Waals surface area contributed by atoms with Crippen LogP contribution >= 0.6 is 22.6 Å². The van der Waals surface area contributed by atoms with Crippen LogP contribution in [0.15, 0.2) is 0 Å². The number of hydrogen-bond acceptors (Lipinski definition) is 7. The van der Waals surface area contributed by atoms with Crippen LogP contribution in [-0.2, 0) is 11.3 Å². The van der Waals surface area contributed by atoms with Gasteiger partial charge >= 0.3 is 6.09 Å². The number of carbonyl (C=O) groups is 1. The second kappa shape index (κ2) is 8.28. The number of carboxylic acid groups (broad SMARTS) is 1. The summed E-state index contributed by atoms with van der Waals surface area (Å²) < 4.78 is 23.6. The number of aromatic nitrogens is 4. The molecule has 0 aromatic carbocycles. The topological polar surface area (TPSA) is 126 Å². The van der Waals surface area contributed by atoms with Crippen LogP contribution in [0.4, 0.5) is 15.0 Å². The summed E-state index contributed by atoms with van der Waals surface area (Å²) in [6.45, 7) is 0.332. The van der Waals surface area contributed by atoms with E-state index in [1.807, 2.05) is 4.90 Å². The smallest absolute Gasteiger partial charge is 0.404 e. The second-order valence-electron chi connectivity index (χ2n) is 8.32. The zero-order chi connectivity index (χ0) is 21.7. The van der Waals surface area contributed by atoms with E-state index in [4.69, 9.17) is 14.8 Å². The molecule has 3 N–H and O–H groups in total. The van der Waals surface area contributed by atoms with Gasteiger partial charge in [0.15, 0.2) is 21.4 Å². The summed E-state index contributed by atoms with van der Waals surface area (Å²) >= 11 is 2.10. The molecule has 3 aliphatic rings. The third-order valence-electron chi connectivity index (χ3n) is 6.49. The molecule has 2 aromatic heterocycles. The van der Waals surface area contributed by atoms with Gasteiger partial charge in [-0.25, -0.2) is 23.8 Å². The Morgan fingerprint density at radius 2 is 2.13 bits per heavy atom. The highest BCUT2D eigenvalue weighted by atomic mass is 127. The van der Waals surface area contributed by atoms with E-state index in [0.29, 0.717) is 45.8 Å². The largest absolute Gasteiger partial charge is 0.465 e. The lowest BCUT2D eigenvalue weighted by Crippen LogP contribution is -2.58. The number of piperidine rings is 1. The van der Waals surface area contributed by atoms with Crippen LogP contribution in [0.25, 0.3) is 11.2 Å². The number of anilines is 1. The monoisotopic (exact) mass is 546 g/mol. The summed E-state index contributed by atoms with van der Waals surface area (Å²) in [7, 11) is 0. The standard InChI is InChI=1S/C19H24FIN6O4/c20-14-10(23-19(29)30)7-9-4-5-12(14)26(9)17-11(8-28)22-15-16(21)25-27(18(15)24-17)13-3-1-2-6-31-13/h9-10,12-14,23,28H,1-8H2,(H,29,30)/t9-,10-,12+,13?,14-/m0/s1. The molecular weight excluding hydrogens is 522 g/mol. The van der Waals surface area contributed by atoms with Crippen LogP contribution in [0.2, 0.25) is 0 Å². The van der Waals surface area contributed by atoms with E-state index in [1.165, 1.54) is 0 Å². The van der Waals surface area contributed by atoms with Gasteiger partial charge in [0.05, 0.1) is 18.7 Å². The summed E-state index contributed by atoms with van der Waals surface area (Å²) in [6, 6.07) is -1.34. The molecule has 2 bridgehead atoms. The number of rotatable bonds is 4. The maximum absolute atomic E-state index is 15.2. The number of hydrogen-bond donors (Lipinski definition) is 3. The van der Waals surface area contributed by atoms with Crippen molar-refractivity contribution in [1.29, 1.82) is 0 Å². The van der Waals surface area contributed by atoms with Gasteiger partial charge in [-0.3, -0.25) is 0 Å². The molecule has 5 atom stereocenters. The first-order valence-electron chi connectivity index (χ1n) is 10.6. The fraction of sp³-hybridized carbons (Fsp3) is 0.684. The van der Waals surface area contributed by atoms with E-state index in [1.54, 1.807) is 4.68 Å². The minimum Gasteiger partial charge on any atom is -0.465 e. The molecule has 0 aliphatic carbocycles.